The van der Waals surface area contributed by atoms with Crippen LogP contribution >= 0.6 is 24.0 Å². The van der Waals surface area contributed by atoms with E-state index in [4.69, 9.17) is 9.73 Å². The van der Waals surface area contributed by atoms with E-state index in [1.165, 1.54) is 11.0 Å². The van der Waals surface area contributed by atoms with Gasteiger partial charge in [0.25, 0.3) is 0 Å². The van der Waals surface area contributed by atoms with Gasteiger partial charge in [0.2, 0.25) is 0 Å². The highest BCUT2D eigenvalue weighted by Gasteiger charge is 2.36. The number of hydrogen-bond donors (Lipinski definition) is 2. The third-order valence-corrected chi connectivity index (χ3v) is 5.79. The Morgan fingerprint density at radius 3 is 2.68 bits per heavy atom. The van der Waals surface area contributed by atoms with E-state index in [9.17, 15) is 17.6 Å². The number of ether oxygens (including phenoxy) is 1. The maximum atomic E-state index is 13.9. The summed E-state index contributed by atoms with van der Waals surface area (Å²) in [7, 11) is 0. The van der Waals surface area contributed by atoms with Crippen molar-refractivity contribution in [3.63, 3.8) is 0 Å². The number of hydrogen-bond acceptors (Lipinski definition) is 3. The monoisotopic (exact) mass is 558 g/mol. The van der Waals surface area contributed by atoms with Gasteiger partial charge in [-0.3, -0.25) is 9.89 Å². The van der Waals surface area contributed by atoms with Gasteiger partial charge in [0.05, 0.1) is 13.1 Å². The largest absolute Gasteiger partial charge is 0.401 e. The summed E-state index contributed by atoms with van der Waals surface area (Å²) in [6.07, 6.45) is -2.08. The van der Waals surface area contributed by atoms with E-state index < -0.39 is 12.7 Å². The Bertz CT molecular complexity index is 726. The highest BCUT2D eigenvalue weighted by atomic mass is 127. The van der Waals surface area contributed by atoms with Crippen LogP contribution in [-0.2, 0) is 10.2 Å². The predicted octanol–water partition coefficient (Wildman–Crippen LogP) is 3.68. The lowest BCUT2D eigenvalue weighted by atomic mass is 9.74. The SMILES string of the molecule is CCNC(=NCC1(c2cccc(F)c2)CCOCC1)NC1CCN(CC(F)(F)F)C1.I. The van der Waals surface area contributed by atoms with E-state index >= 15 is 0 Å². The van der Waals surface area contributed by atoms with Crippen LogP contribution in [0.4, 0.5) is 17.6 Å². The molecule has 176 valence electrons. The molecule has 1 atom stereocenters. The molecular formula is C21H31F4IN4O. The quantitative estimate of drug-likeness (QED) is 0.242. The van der Waals surface area contributed by atoms with Crippen molar-refractivity contribution in [2.24, 2.45) is 4.99 Å². The van der Waals surface area contributed by atoms with Crippen LogP contribution in [0, 0.1) is 5.82 Å². The predicted molar refractivity (Wildman–Crippen MR) is 124 cm³/mol. The Hall–Kier alpha value is -1.14. The number of benzene rings is 1. The van der Waals surface area contributed by atoms with Crippen LogP contribution in [0.1, 0.15) is 31.7 Å². The number of aliphatic imine (C=N–C) groups is 1. The molecule has 0 radical (unpaired) electrons. The zero-order valence-corrected chi connectivity index (χ0v) is 20.0. The number of alkyl halides is 3. The fourth-order valence-electron chi connectivity index (χ4n) is 4.21. The lowest BCUT2D eigenvalue weighted by Crippen LogP contribution is -2.46. The van der Waals surface area contributed by atoms with Gasteiger partial charge in [-0.25, -0.2) is 4.39 Å². The topological polar surface area (TPSA) is 48.9 Å². The standard InChI is InChI=1S/C21H30F4N4O.HI/c1-2-26-19(28-18-6-9-29(13-18)15-21(23,24)25)27-14-20(7-10-30-11-8-20)16-4-3-5-17(22)12-16;/h3-5,12,18H,2,6-11,13-15H2,1H3,(H2,26,27,28);1H. The number of nitrogens with zero attached hydrogens (tertiary/aromatic N) is 2. The van der Waals surface area contributed by atoms with Gasteiger partial charge in [0.15, 0.2) is 5.96 Å². The molecule has 2 aliphatic rings. The van der Waals surface area contributed by atoms with Crippen molar-refractivity contribution in [1.82, 2.24) is 15.5 Å². The molecule has 0 spiro atoms. The molecule has 2 fully saturated rings. The molecule has 2 aliphatic heterocycles. The molecule has 0 aliphatic carbocycles. The molecule has 2 heterocycles. The van der Waals surface area contributed by atoms with Gasteiger partial charge < -0.3 is 15.4 Å². The second-order valence-electron chi connectivity index (χ2n) is 8.08. The Kier molecular flexibility index (Phi) is 9.81. The molecule has 3 rings (SSSR count). The minimum atomic E-state index is -4.19. The summed E-state index contributed by atoms with van der Waals surface area (Å²) in [6, 6.07) is 6.54. The molecule has 2 N–H and O–H groups in total. The van der Waals surface area contributed by atoms with Crippen molar-refractivity contribution in [2.45, 2.75) is 43.8 Å². The summed E-state index contributed by atoms with van der Waals surface area (Å²) in [5.41, 5.74) is 0.586. The summed E-state index contributed by atoms with van der Waals surface area (Å²) in [6.45, 7) is 4.05. The number of halogens is 5. The fraction of sp³-hybridized carbons (Fsp3) is 0.667. The van der Waals surface area contributed by atoms with Gasteiger partial charge in [-0.05, 0) is 43.9 Å². The van der Waals surface area contributed by atoms with Gasteiger partial charge >= 0.3 is 6.18 Å². The van der Waals surface area contributed by atoms with Crippen molar-refractivity contribution < 1.29 is 22.3 Å². The molecule has 0 saturated carbocycles. The summed E-state index contributed by atoms with van der Waals surface area (Å²) < 4.78 is 57.3. The Morgan fingerprint density at radius 2 is 2.03 bits per heavy atom. The van der Waals surface area contributed by atoms with Gasteiger partial charge in [-0.15, -0.1) is 24.0 Å². The van der Waals surface area contributed by atoms with E-state index in [2.05, 4.69) is 10.6 Å². The van der Waals surface area contributed by atoms with Gasteiger partial charge in [0, 0.05) is 44.3 Å². The summed E-state index contributed by atoms with van der Waals surface area (Å²) in [5, 5.41) is 6.46. The number of likely N-dealkylation sites (tertiary alicyclic amines) is 1. The lowest BCUT2D eigenvalue weighted by molar-refractivity contribution is -0.143. The van der Waals surface area contributed by atoms with Crippen molar-refractivity contribution >= 4 is 29.9 Å². The molecule has 0 bridgehead atoms. The second kappa shape index (κ2) is 11.6. The molecular weight excluding hydrogens is 527 g/mol. The molecule has 5 nitrogen and oxygen atoms in total. The fourth-order valence-corrected chi connectivity index (χ4v) is 4.21. The third kappa shape index (κ3) is 7.74. The van der Waals surface area contributed by atoms with Crippen molar-refractivity contribution in [3.05, 3.63) is 35.6 Å². The van der Waals surface area contributed by atoms with Crippen molar-refractivity contribution in [2.75, 3.05) is 45.9 Å². The van der Waals surface area contributed by atoms with Crippen molar-refractivity contribution in [1.29, 1.82) is 0 Å². The maximum absolute atomic E-state index is 13.9. The first kappa shape index (κ1) is 26.1. The van der Waals surface area contributed by atoms with Crippen LogP contribution in [0.2, 0.25) is 0 Å². The molecule has 31 heavy (non-hydrogen) atoms. The Balaban J connectivity index is 0.00000341. The average molecular weight is 558 g/mol. The molecule has 1 aromatic carbocycles. The first-order valence-electron chi connectivity index (χ1n) is 10.5. The van der Waals surface area contributed by atoms with Crippen LogP contribution in [0.25, 0.3) is 0 Å². The van der Waals surface area contributed by atoms with E-state index in [1.54, 1.807) is 12.1 Å². The molecule has 2 saturated heterocycles. The van der Waals surface area contributed by atoms with Crippen LogP contribution in [0.5, 0.6) is 0 Å². The summed E-state index contributed by atoms with van der Waals surface area (Å²) in [5.74, 6) is 0.307. The third-order valence-electron chi connectivity index (χ3n) is 5.79. The molecule has 10 heteroatoms. The molecule has 0 aromatic heterocycles. The smallest absolute Gasteiger partial charge is 0.381 e. The number of rotatable bonds is 6. The first-order valence-corrected chi connectivity index (χ1v) is 10.5. The normalized spacial score (nSPS) is 22.1. The van der Waals surface area contributed by atoms with Crippen LogP contribution < -0.4 is 10.6 Å². The van der Waals surface area contributed by atoms with Gasteiger partial charge in [-0.1, -0.05) is 12.1 Å². The van der Waals surface area contributed by atoms with E-state index in [0.29, 0.717) is 51.8 Å². The molecule has 1 unspecified atom stereocenters. The minimum absolute atomic E-state index is 0. The van der Waals surface area contributed by atoms with Gasteiger partial charge in [0.1, 0.15) is 5.82 Å². The van der Waals surface area contributed by atoms with Crippen molar-refractivity contribution in [3.8, 4) is 0 Å². The maximum Gasteiger partial charge on any atom is 0.401 e. The number of nitrogens with one attached hydrogen (secondary N) is 2. The van der Waals surface area contributed by atoms with E-state index in [1.807, 2.05) is 13.0 Å². The second-order valence-corrected chi connectivity index (χ2v) is 8.08. The highest BCUT2D eigenvalue weighted by molar-refractivity contribution is 14.0. The van der Waals surface area contributed by atoms with E-state index in [-0.39, 0.29) is 41.3 Å². The Morgan fingerprint density at radius 1 is 1.29 bits per heavy atom. The number of guanidine groups is 1. The van der Waals surface area contributed by atoms with Gasteiger partial charge in [-0.2, -0.15) is 13.2 Å². The summed E-state index contributed by atoms with van der Waals surface area (Å²) >= 11 is 0. The Labute approximate surface area is 198 Å². The zero-order chi connectivity index (χ0) is 21.6. The highest BCUT2D eigenvalue weighted by Crippen LogP contribution is 2.35. The average Bonchev–Trinajstić information content (AvgIpc) is 3.12. The van der Waals surface area contributed by atoms with E-state index in [0.717, 1.165) is 18.4 Å². The first-order chi connectivity index (χ1) is 14.3. The molecule has 0 amide bonds. The van der Waals surface area contributed by atoms with Crippen LogP contribution in [0.3, 0.4) is 0 Å². The molecule has 1 aromatic rings. The minimum Gasteiger partial charge on any atom is -0.381 e. The van der Waals surface area contributed by atoms with Crippen LogP contribution in [0.15, 0.2) is 29.3 Å². The summed E-state index contributed by atoms with van der Waals surface area (Å²) in [4.78, 5) is 6.16. The lowest BCUT2D eigenvalue weighted by Gasteiger charge is -2.36. The van der Waals surface area contributed by atoms with Crippen LogP contribution in [-0.4, -0.2) is 69.0 Å². The zero-order valence-electron chi connectivity index (χ0n) is 17.7.